The highest BCUT2D eigenvalue weighted by Gasteiger charge is 2.33. The molecule has 30 heavy (non-hydrogen) atoms. The van der Waals surface area contributed by atoms with Gasteiger partial charge in [-0.3, -0.25) is 4.79 Å². The molecule has 1 aliphatic carbocycles. The number of nitrogens with zero attached hydrogens (tertiary/aromatic N) is 1. The first-order chi connectivity index (χ1) is 14.4. The second kappa shape index (κ2) is 8.90. The van der Waals surface area contributed by atoms with E-state index < -0.39 is 10.0 Å². The first-order valence-corrected chi connectivity index (χ1v) is 12.3. The molecule has 1 atom stereocenters. The van der Waals surface area contributed by atoms with Crippen LogP contribution >= 0.6 is 0 Å². The number of benzene rings is 2. The molecule has 2 aromatic rings. The molecule has 1 amide bonds. The SMILES string of the molecule is Cc1ccc(C(NC(=O)CCc2ccc(S(=O)(=O)N3CCCC3)cc2)C2CC2)cc1. The zero-order chi connectivity index (χ0) is 21.1. The molecule has 1 saturated heterocycles. The van der Waals surface area contributed by atoms with Crippen LogP contribution in [0.4, 0.5) is 0 Å². The fourth-order valence-corrected chi connectivity index (χ4v) is 5.60. The zero-order valence-corrected chi connectivity index (χ0v) is 18.3. The smallest absolute Gasteiger partial charge is 0.243 e. The van der Waals surface area contributed by atoms with Gasteiger partial charge in [-0.2, -0.15) is 4.31 Å². The van der Waals surface area contributed by atoms with Crippen molar-refractivity contribution in [2.45, 2.75) is 56.4 Å². The van der Waals surface area contributed by atoms with Crippen LogP contribution in [-0.4, -0.2) is 31.7 Å². The van der Waals surface area contributed by atoms with E-state index in [1.807, 2.05) is 12.1 Å². The lowest BCUT2D eigenvalue weighted by atomic mass is 10.0. The van der Waals surface area contributed by atoms with Gasteiger partial charge in [0, 0.05) is 19.5 Å². The van der Waals surface area contributed by atoms with Crippen molar-refractivity contribution >= 4 is 15.9 Å². The van der Waals surface area contributed by atoms with Crippen molar-refractivity contribution < 1.29 is 13.2 Å². The molecule has 2 fully saturated rings. The van der Waals surface area contributed by atoms with Crippen LogP contribution < -0.4 is 5.32 Å². The fraction of sp³-hybridized carbons (Fsp3) is 0.458. The summed E-state index contributed by atoms with van der Waals surface area (Å²) in [7, 11) is -3.38. The Morgan fingerprint density at radius 3 is 2.27 bits per heavy atom. The van der Waals surface area contributed by atoms with E-state index in [2.05, 4.69) is 36.5 Å². The lowest BCUT2D eigenvalue weighted by Gasteiger charge is -2.19. The maximum absolute atomic E-state index is 12.6. The minimum absolute atomic E-state index is 0.0428. The molecule has 160 valence electrons. The molecule has 0 bridgehead atoms. The number of rotatable bonds is 8. The standard InChI is InChI=1S/C24H30N2O3S/c1-18-4-9-20(10-5-18)24(21-11-12-21)25-23(27)15-8-19-6-13-22(14-7-19)30(28,29)26-16-2-3-17-26/h4-7,9-10,13-14,21,24H,2-3,8,11-12,15-17H2,1H3,(H,25,27). The van der Waals surface area contributed by atoms with Crippen molar-refractivity contribution in [3.8, 4) is 0 Å². The number of aryl methyl sites for hydroxylation is 2. The summed E-state index contributed by atoms with van der Waals surface area (Å²) in [5.41, 5.74) is 3.37. The second-order valence-corrected chi connectivity index (χ2v) is 10.5. The Morgan fingerprint density at radius 2 is 1.67 bits per heavy atom. The molecule has 1 N–H and O–H groups in total. The third-order valence-corrected chi connectivity index (χ3v) is 8.03. The molecule has 1 aliphatic heterocycles. The van der Waals surface area contributed by atoms with Crippen LogP contribution in [0.2, 0.25) is 0 Å². The average Bonchev–Trinajstić information content (AvgIpc) is 3.43. The van der Waals surface area contributed by atoms with Crippen LogP contribution in [0, 0.1) is 12.8 Å². The highest BCUT2D eigenvalue weighted by Crippen LogP contribution is 2.41. The first kappa shape index (κ1) is 21.1. The molecule has 1 unspecified atom stereocenters. The van der Waals surface area contributed by atoms with E-state index >= 15 is 0 Å². The van der Waals surface area contributed by atoms with Crippen molar-refractivity contribution in [1.29, 1.82) is 0 Å². The van der Waals surface area contributed by atoms with Gasteiger partial charge in [0.2, 0.25) is 15.9 Å². The van der Waals surface area contributed by atoms with Crippen LogP contribution in [0.25, 0.3) is 0 Å². The van der Waals surface area contributed by atoms with Gasteiger partial charge < -0.3 is 5.32 Å². The van der Waals surface area contributed by atoms with Crippen LogP contribution in [0.1, 0.15) is 54.8 Å². The van der Waals surface area contributed by atoms with E-state index in [0.717, 1.165) is 31.2 Å². The Bertz CT molecular complexity index is 974. The summed E-state index contributed by atoms with van der Waals surface area (Å²) in [4.78, 5) is 12.9. The van der Waals surface area contributed by atoms with Gasteiger partial charge in [-0.15, -0.1) is 0 Å². The number of hydrogen-bond donors (Lipinski definition) is 1. The van der Waals surface area contributed by atoms with Gasteiger partial charge in [0.05, 0.1) is 10.9 Å². The van der Waals surface area contributed by atoms with Crippen molar-refractivity contribution in [2.75, 3.05) is 13.1 Å². The number of sulfonamides is 1. The maximum Gasteiger partial charge on any atom is 0.243 e. The Labute approximate surface area is 179 Å². The third-order valence-electron chi connectivity index (χ3n) is 6.11. The average molecular weight is 427 g/mol. The normalized spacial score (nSPS) is 18.3. The first-order valence-electron chi connectivity index (χ1n) is 10.9. The summed E-state index contributed by atoms with van der Waals surface area (Å²) in [5, 5.41) is 3.22. The highest BCUT2D eigenvalue weighted by molar-refractivity contribution is 7.89. The van der Waals surface area contributed by atoms with Crippen molar-refractivity contribution in [2.24, 2.45) is 5.92 Å². The summed E-state index contributed by atoms with van der Waals surface area (Å²) >= 11 is 0. The van der Waals surface area contributed by atoms with Gasteiger partial charge in [0.25, 0.3) is 0 Å². The molecule has 2 aromatic carbocycles. The van der Waals surface area contributed by atoms with E-state index in [1.54, 1.807) is 16.4 Å². The number of amides is 1. The lowest BCUT2D eigenvalue weighted by Crippen LogP contribution is -2.30. The summed E-state index contributed by atoms with van der Waals surface area (Å²) in [6, 6.07) is 15.5. The van der Waals surface area contributed by atoms with Gasteiger partial charge in [-0.25, -0.2) is 8.42 Å². The zero-order valence-electron chi connectivity index (χ0n) is 17.5. The Kier molecular flexibility index (Phi) is 6.25. The van der Waals surface area contributed by atoms with Gasteiger partial charge in [0.15, 0.2) is 0 Å². The monoisotopic (exact) mass is 426 g/mol. The second-order valence-electron chi connectivity index (χ2n) is 8.55. The molecule has 1 saturated carbocycles. The fourth-order valence-electron chi connectivity index (χ4n) is 4.09. The Balaban J connectivity index is 1.33. The summed E-state index contributed by atoms with van der Waals surface area (Å²) < 4.78 is 26.8. The molecular formula is C24H30N2O3S. The summed E-state index contributed by atoms with van der Waals surface area (Å²) in [5.74, 6) is 0.577. The minimum atomic E-state index is -3.38. The number of carbonyl (C=O) groups excluding carboxylic acids is 1. The van der Waals surface area contributed by atoms with E-state index in [1.165, 1.54) is 11.1 Å². The molecule has 4 rings (SSSR count). The van der Waals surface area contributed by atoms with Gasteiger partial charge in [-0.1, -0.05) is 42.0 Å². The molecule has 0 radical (unpaired) electrons. The third kappa shape index (κ3) is 4.93. The van der Waals surface area contributed by atoms with E-state index in [-0.39, 0.29) is 11.9 Å². The Hall–Kier alpha value is -2.18. The van der Waals surface area contributed by atoms with E-state index in [0.29, 0.717) is 36.7 Å². The van der Waals surface area contributed by atoms with Crippen LogP contribution in [0.5, 0.6) is 0 Å². The summed E-state index contributed by atoms with van der Waals surface area (Å²) in [6.07, 6.45) is 5.17. The predicted octanol–water partition coefficient (Wildman–Crippen LogP) is 3.98. The predicted molar refractivity (Wildman–Crippen MR) is 118 cm³/mol. The molecule has 5 nitrogen and oxygen atoms in total. The van der Waals surface area contributed by atoms with Crippen LogP contribution in [0.3, 0.4) is 0 Å². The summed E-state index contributed by atoms with van der Waals surface area (Å²) in [6.45, 7) is 3.27. The minimum Gasteiger partial charge on any atom is -0.349 e. The number of hydrogen-bond acceptors (Lipinski definition) is 3. The van der Waals surface area contributed by atoms with Gasteiger partial charge >= 0.3 is 0 Å². The quantitative estimate of drug-likeness (QED) is 0.694. The highest BCUT2D eigenvalue weighted by atomic mass is 32.2. The maximum atomic E-state index is 12.6. The van der Waals surface area contributed by atoms with Crippen LogP contribution in [0.15, 0.2) is 53.4 Å². The molecule has 0 spiro atoms. The molecule has 2 aliphatic rings. The Morgan fingerprint density at radius 1 is 1.03 bits per heavy atom. The topological polar surface area (TPSA) is 66.5 Å². The number of carbonyl (C=O) groups is 1. The van der Waals surface area contributed by atoms with Crippen molar-refractivity contribution in [1.82, 2.24) is 9.62 Å². The van der Waals surface area contributed by atoms with Gasteiger partial charge in [-0.05, 0) is 68.2 Å². The molecule has 1 heterocycles. The lowest BCUT2D eigenvalue weighted by molar-refractivity contribution is -0.122. The van der Waals surface area contributed by atoms with E-state index in [4.69, 9.17) is 0 Å². The number of nitrogens with one attached hydrogen (secondary N) is 1. The molecule has 0 aromatic heterocycles. The van der Waals surface area contributed by atoms with Crippen molar-refractivity contribution in [3.05, 3.63) is 65.2 Å². The largest absolute Gasteiger partial charge is 0.349 e. The van der Waals surface area contributed by atoms with Crippen LogP contribution in [-0.2, 0) is 21.2 Å². The van der Waals surface area contributed by atoms with E-state index in [9.17, 15) is 13.2 Å². The van der Waals surface area contributed by atoms with Gasteiger partial charge in [0.1, 0.15) is 0 Å². The van der Waals surface area contributed by atoms with Crippen molar-refractivity contribution in [3.63, 3.8) is 0 Å². The molecule has 6 heteroatoms. The molecular weight excluding hydrogens is 396 g/mol.